The van der Waals surface area contributed by atoms with E-state index in [0.717, 1.165) is 4.88 Å². The van der Waals surface area contributed by atoms with Crippen LogP contribution in [-0.2, 0) is 14.3 Å². The molecule has 29 heavy (non-hydrogen) atoms. The fourth-order valence-corrected chi connectivity index (χ4v) is 4.04. The number of methoxy groups -OCH3 is 1. The summed E-state index contributed by atoms with van der Waals surface area (Å²) in [5.41, 5.74) is 0.534. The second-order valence-corrected chi connectivity index (χ2v) is 8.21. The van der Waals surface area contributed by atoms with Crippen LogP contribution in [0.1, 0.15) is 30.3 Å². The summed E-state index contributed by atoms with van der Waals surface area (Å²) in [5.74, 6) is -0.558. The molecule has 0 spiro atoms. The van der Waals surface area contributed by atoms with Crippen LogP contribution in [0.3, 0.4) is 0 Å². The SMILES string of the molecule is COCCN1C(=O)C(=O)/C(=C(\O)c2cccc(OCC(C)C)c2)C1c1cccs1. The molecule has 1 aromatic carbocycles. The van der Waals surface area contributed by atoms with Crippen LogP contribution in [0.25, 0.3) is 5.76 Å². The van der Waals surface area contributed by atoms with Crippen LogP contribution in [0.5, 0.6) is 5.75 Å². The monoisotopic (exact) mass is 415 g/mol. The molecule has 1 amide bonds. The van der Waals surface area contributed by atoms with Gasteiger partial charge in [-0.2, -0.15) is 0 Å². The number of aliphatic hydroxyl groups excluding tert-OH is 1. The molecule has 1 aliphatic heterocycles. The van der Waals surface area contributed by atoms with E-state index in [-0.39, 0.29) is 17.9 Å². The zero-order valence-corrected chi connectivity index (χ0v) is 17.6. The molecule has 1 fully saturated rings. The van der Waals surface area contributed by atoms with Gasteiger partial charge in [-0.25, -0.2) is 0 Å². The number of thiophene rings is 1. The van der Waals surface area contributed by atoms with Crippen molar-refractivity contribution in [3.05, 3.63) is 57.8 Å². The molecule has 1 unspecified atom stereocenters. The fourth-order valence-electron chi connectivity index (χ4n) is 3.19. The Morgan fingerprint density at radius 3 is 2.69 bits per heavy atom. The van der Waals surface area contributed by atoms with Crippen molar-refractivity contribution >= 4 is 28.8 Å². The largest absolute Gasteiger partial charge is 0.507 e. The van der Waals surface area contributed by atoms with Crippen LogP contribution in [-0.4, -0.2) is 48.6 Å². The minimum atomic E-state index is -0.689. The molecule has 1 saturated heterocycles. The first-order chi connectivity index (χ1) is 13.9. The molecular weight excluding hydrogens is 390 g/mol. The first-order valence-electron chi connectivity index (χ1n) is 9.48. The molecular formula is C22H25NO5S. The number of nitrogens with zero attached hydrogens (tertiary/aromatic N) is 1. The highest BCUT2D eigenvalue weighted by Gasteiger charge is 2.46. The lowest BCUT2D eigenvalue weighted by Gasteiger charge is -2.23. The molecule has 7 heteroatoms. The van der Waals surface area contributed by atoms with E-state index in [1.54, 1.807) is 31.4 Å². The smallest absolute Gasteiger partial charge is 0.295 e. The standard InChI is InChI=1S/C22H25NO5S/c1-14(2)13-28-16-7-4-6-15(12-16)20(24)18-19(17-8-5-11-29-17)23(9-10-27-3)22(26)21(18)25/h4-8,11-12,14,19,24H,9-10,13H2,1-3H3/b20-18-. The number of hydrogen-bond acceptors (Lipinski definition) is 6. The van der Waals surface area contributed by atoms with Gasteiger partial charge in [0.15, 0.2) is 0 Å². The van der Waals surface area contributed by atoms with Crippen LogP contribution in [0, 0.1) is 5.92 Å². The molecule has 1 N–H and O–H groups in total. The first kappa shape index (κ1) is 21.1. The zero-order valence-electron chi connectivity index (χ0n) is 16.8. The van der Waals surface area contributed by atoms with E-state index in [4.69, 9.17) is 9.47 Å². The summed E-state index contributed by atoms with van der Waals surface area (Å²) >= 11 is 1.44. The Balaban J connectivity index is 2.03. The van der Waals surface area contributed by atoms with Crippen molar-refractivity contribution in [1.82, 2.24) is 4.90 Å². The molecule has 0 bridgehead atoms. The molecule has 0 aliphatic carbocycles. The van der Waals surface area contributed by atoms with Gasteiger partial charge in [0, 0.05) is 24.1 Å². The quantitative estimate of drug-likeness (QED) is 0.403. The van der Waals surface area contributed by atoms with Crippen LogP contribution >= 0.6 is 11.3 Å². The number of hydrogen-bond donors (Lipinski definition) is 1. The second-order valence-electron chi connectivity index (χ2n) is 7.23. The van der Waals surface area contributed by atoms with E-state index < -0.39 is 17.7 Å². The number of ether oxygens (including phenoxy) is 2. The Hall–Kier alpha value is -2.64. The van der Waals surface area contributed by atoms with E-state index in [0.29, 0.717) is 30.4 Å². The van der Waals surface area contributed by atoms with Crippen molar-refractivity contribution in [2.75, 3.05) is 26.9 Å². The number of carbonyl (C=O) groups is 2. The molecule has 1 aromatic heterocycles. The second kappa shape index (κ2) is 9.24. The Kier molecular flexibility index (Phi) is 6.71. The summed E-state index contributed by atoms with van der Waals surface area (Å²) in [6.07, 6.45) is 0. The van der Waals surface area contributed by atoms with Crippen molar-refractivity contribution in [1.29, 1.82) is 0 Å². The Morgan fingerprint density at radius 1 is 1.24 bits per heavy atom. The van der Waals surface area contributed by atoms with Gasteiger partial charge in [0.05, 0.1) is 24.8 Å². The highest BCUT2D eigenvalue weighted by Crippen LogP contribution is 2.41. The number of Topliss-reactive ketones (excluding diaryl/α,β-unsaturated/α-hetero) is 1. The van der Waals surface area contributed by atoms with E-state index in [2.05, 4.69) is 0 Å². The van der Waals surface area contributed by atoms with Crippen LogP contribution in [0.15, 0.2) is 47.4 Å². The maximum absolute atomic E-state index is 12.8. The third kappa shape index (κ3) is 4.52. The third-order valence-electron chi connectivity index (χ3n) is 4.58. The van der Waals surface area contributed by atoms with Crippen molar-refractivity contribution in [2.24, 2.45) is 5.92 Å². The lowest BCUT2D eigenvalue weighted by molar-refractivity contribution is -0.140. The maximum Gasteiger partial charge on any atom is 0.295 e. The van der Waals surface area contributed by atoms with E-state index in [1.165, 1.54) is 16.2 Å². The normalized spacial score (nSPS) is 18.6. The van der Waals surface area contributed by atoms with Gasteiger partial charge in [0.1, 0.15) is 11.5 Å². The molecule has 154 valence electrons. The highest BCUT2D eigenvalue weighted by molar-refractivity contribution is 7.10. The summed E-state index contributed by atoms with van der Waals surface area (Å²) in [7, 11) is 1.54. The molecule has 2 heterocycles. The lowest BCUT2D eigenvalue weighted by Crippen LogP contribution is -2.32. The molecule has 1 aliphatic rings. The van der Waals surface area contributed by atoms with Gasteiger partial charge in [-0.1, -0.05) is 32.0 Å². The molecule has 0 radical (unpaired) electrons. The van der Waals surface area contributed by atoms with Gasteiger partial charge >= 0.3 is 0 Å². The molecule has 0 saturated carbocycles. The predicted molar refractivity (Wildman–Crippen MR) is 112 cm³/mol. The molecule has 3 rings (SSSR count). The predicted octanol–water partition coefficient (Wildman–Crippen LogP) is 3.85. The first-order valence-corrected chi connectivity index (χ1v) is 10.4. The highest BCUT2D eigenvalue weighted by atomic mass is 32.1. The number of likely N-dealkylation sites (tertiary alicyclic amines) is 1. The van der Waals surface area contributed by atoms with E-state index >= 15 is 0 Å². The number of ketones is 1. The van der Waals surface area contributed by atoms with Crippen LogP contribution in [0.2, 0.25) is 0 Å². The lowest BCUT2D eigenvalue weighted by atomic mass is 10.00. The Bertz CT molecular complexity index is 904. The molecule has 6 nitrogen and oxygen atoms in total. The van der Waals surface area contributed by atoms with E-state index in [9.17, 15) is 14.7 Å². The van der Waals surface area contributed by atoms with Gasteiger partial charge in [-0.05, 0) is 29.5 Å². The Morgan fingerprint density at radius 2 is 2.03 bits per heavy atom. The average molecular weight is 416 g/mol. The maximum atomic E-state index is 12.8. The van der Waals surface area contributed by atoms with Crippen molar-refractivity contribution in [3.63, 3.8) is 0 Å². The van der Waals surface area contributed by atoms with Gasteiger partial charge < -0.3 is 19.5 Å². The number of aliphatic hydroxyl groups is 1. The van der Waals surface area contributed by atoms with E-state index in [1.807, 2.05) is 31.4 Å². The molecule has 2 aromatic rings. The number of benzene rings is 1. The number of amides is 1. The Labute approximate surface area is 174 Å². The van der Waals surface area contributed by atoms with Gasteiger partial charge in [0.25, 0.3) is 11.7 Å². The molecule has 1 atom stereocenters. The van der Waals surface area contributed by atoms with Crippen molar-refractivity contribution in [2.45, 2.75) is 19.9 Å². The number of carbonyl (C=O) groups excluding carboxylic acids is 2. The summed E-state index contributed by atoms with van der Waals surface area (Å²) in [6, 6.07) is 10.0. The number of rotatable bonds is 8. The van der Waals surface area contributed by atoms with Gasteiger partial charge in [0.2, 0.25) is 0 Å². The summed E-state index contributed by atoms with van der Waals surface area (Å²) < 4.78 is 10.8. The fraction of sp³-hybridized carbons (Fsp3) is 0.364. The zero-order chi connectivity index (χ0) is 21.0. The van der Waals surface area contributed by atoms with Gasteiger partial charge in [-0.15, -0.1) is 11.3 Å². The minimum Gasteiger partial charge on any atom is -0.507 e. The third-order valence-corrected chi connectivity index (χ3v) is 5.50. The van der Waals surface area contributed by atoms with Crippen molar-refractivity contribution < 1.29 is 24.2 Å². The topological polar surface area (TPSA) is 76.1 Å². The van der Waals surface area contributed by atoms with Crippen molar-refractivity contribution in [3.8, 4) is 5.75 Å². The summed E-state index contributed by atoms with van der Waals surface area (Å²) in [5, 5.41) is 12.9. The average Bonchev–Trinajstić information content (AvgIpc) is 3.32. The van der Waals surface area contributed by atoms with Crippen LogP contribution in [0.4, 0.5) is 0 Å². The van der Waals surface area contributed by atoms with Gasteiger partial charge in [-0.3, -0.25) is 9.59 Å². The summed E-state index contributed by atoms with van der Waals surface area (Å²) in [4.78, 5) is 27.8. The minimum absolute atomic E-state index is 0.0922. The summed E-state index contributed by atoms with van der Waals surface area (Å²) in [6.45, 7) is 5.20. The van der Waals surface area contributed by atoms with Crippen LogP contribution < -0.4 is 4.74 Å².